The second-order valence-corrected chi connectivity index (χ2v) is 11.6. The molecule has 0 spiro atoms. The highest BCUT2D eigenvalue weighted by molar-refractivity contribution is 6.69. The summed E-state index contributed by atoms with van der Waals surface area (Å²) in [7, 11) is -1.76. The molecule has 3 atom stereocenters. The molecule has 1 aliphatic rings. The Bertz CT molecular complexity index is 838. The number of aliphatic hydroxyl groups excluding tert-OH is 1. The van der Waals surface area contributed by atoms with E-state index in [2.05, 4.69) is 41.2 Å². The van der Waals surface area contributed by atoms with Crippen molar-refractivity contribution in [2.45, 2.75) is 38.2 Å². The first kappa shape index (κ1) is 16.9. The number of anilines is 1. The van der Waals surface area contributed by atoms with Gasteiger partial charge in [-0.3, -0.25) is 9.78 Å². The number of nitrogens with zero attached hydrogens (tertiary/aromatic N) is 3. The second kappa shape index (κ2) is 5.83. The Morgan fingerprint density at radius 1 is 1.54 bits per heavy atom. The average Bonchev–Trinajstić information content (AvgIpc) is 2.98. The summed E-state index contributed by atoms with van der Waals surface area (Å²) in [6.45, 7) is 10.5. The molecule has 2 aromatic rings. The molecule has 2 heterocycles. The molecule has 1 fully saturated rings. The molecule has 1 saturated carbocycles. The molecular weight excluding hydrogens is 326 g/mol. The van der Waals surface area contributed by atoms with Crippen LogP contribution in [0.25, 0.3) is 11.2 Å². The van der Waals surface area contributed by atoms with E-state index in [4.69, 9.17) is 10.2 Å². The number of nitrogens with two attached hydrogens (primary N) is 1. The lowest BCUT2D eigenvalue weighted by atomic mass is 10.0. The minimum Gasteiger partial charge on any atom is -0.414 e. The molecule has 3 rings (SSSR count). The summed E-state index contributed by atoms with van der Waals surface area (Å²) in [5.41, 5.74) is 6.82. The molecular formula is C15H23N5O3Si. The van der Waals surface area contributed by atoms with Crippen molar-refractivity contribution in [3.63, 3.8) is 0 Å². The van der Waals surface area contributed by atoms with Crippen molar-refractivity contribution in [3.8, 4) is 0 Å². The van der Waals surface area contributed by atoms with Crippen LogP contribution in [-0.4, -0.2) is 45.7 Å². The number of aromatic nitrogens is 4. The third-order valence-corrected chi connectivity index (χ3v) is 5.31. The molecule has 0 aliphatic heterocycles. The normalized spacial score (nSPS) is 24.8. The van der Waals surface area contributed by atoms with Gasteiger partial charge in [-0.05, 0) is 31.6 Å². The van der Waals surface area contributed by atoms with Gasteiger partial charge in [0.15, 0.2) is 19.5 Å². The summed E-state index contributed by atoms with van der Waals surface area (Å²) >= 11 is 0. The number of H-pyrrole nitrogens is 1. The molecule has 0 bridgehead atoms. The number of hydrogen-bond acceptors (Lipinski definition) is 6. The molecule has 8 nitrogen and oxygen atoms in total. The SMILES string of the molecule is C=C1C(CO)C(O[Si](C)(C)C)CC1n1cnc2c(=O)[nH]c(N)nc21. The van der Waals surface area contributed by atoms with Gasteiger partial charge in [-0.15, -0.1) is 0 Å². The van der Waals surface area contributed by atoms with Crippen molar-refractivity contribution in [2.24, 2.45) is 5.92 Å². The van der Waals surface area contributed by atoms with Gasteiger partial charge in [-0.2, -0.15) is 4.98 Å². The first-order valence-electron chi connectivity index (χ1n) is 7.91. The number of hydrogen-bond donors (Lipinski definition) is 3. The largest absolute Gasteiger partial charge is 0.414 e. The fourth-order valence-corrected chi connectivity index (χ4v) is 4.47. The Morgan fingerprint density at radius 2 is 2.25 bits per heavy atom. The van der Waals surface area contributed by atoms with E-state index in [-0.39, 0.29) is 41.7 Å². The van der Waals surface area contributed by atoms with Crippen molar-refractivity contribution < 1.29 is 9.53 Å². The van der Waals surface area contributed by atoms with Gasteiger partial charge in [0.25, 0.3) is 5.56 Å². The maximum absolute atomic E-state index is 11.9. The highest BCUT2D eigenvalue weighted by Gasteiger charge is 2.41. The number of imidazole rings is 1. The molecule has 24 heavy (non-hydrogen) atoms. The fraction of sp³-hybridized carbons (Fsp3) is 0.533. The summed E-state index contributed by atoms with van der Waals surface area (Å²) in [6, 6.07) is -0.137. The van der Waals surface area contributed by atoms with Crippen LogP contribution in [0, 0.1) is 5.92 Å². The number of rotatable bonds is 4. The maximum atomic E-state index is 11.9. The van der Waals surface area contributed by atoms with E-state index in [0.717, 1.165) is 5.57 Å². The van der Waals surface area contributed by atoms with Gasteiger partial charge in [0, 0.05) is 5.92 Å². The number of nitrogens with one attached hydrogen (secondary N) is 1. The van der Waals surface area contributed by atoms with Crippen LogP contribution in [0.5, 0.6) is 0 Å². The summed E-state index contributed by atoms with van der Waals surface area (Å²) < 4.78 is 8.04. The summed E-state index contributed by atoms with van der Waals surface area (Å²) in [5, 5.41) is 9.78. The van der Waals surface area contributed by atoms with Gasteiger partial charge in [-0.1, -0.05) is 6.58 Å². The first-order valence-corrected chi connectivity index (χ1v) is 11.3. The van der Waals surface area contributed by atoms with Crippen LogP contribution in [0.1, 0.15) is 12.5 Å². The lowest BCUT2D eigenvalue weighted by molar-refractivity contribution is 0.116. The molecule has 0 saturated heterocycles. The number of aromatic amines is 1. The lowest BCUT2D eigenvalue weighted by Crippen LogP contribution is -2.35. The summed E-state index contributed by atoms with van der Waals surface area (Å²) in [6.07, 6.45) is 2.14. The van der Waals surface area contributed by atoms with Crippen LogP contribution in [0.4, 0.5) is 5.95 Å². The summed E-state index contributed by atoms with van der Waals surface area (Å²) in [4.78, 5) is 22.8. The van der Waals surface area contributed by atoms with Gasteiger partial charge in [-0.25, -0.2) is 4.98 Å². The smallest absolute Gasteiger partial charge is 0.280 e. The van der Waals surface area contributed by atoms with Crippen LogP contribution in [0.3, 0.4) is 0 Å². The van der Waals surface area contributed by atoms with E-state index < -0.39 is 8.32 Å². The molecule has 1 aliphatic carbocycles. The predicted octanol–water partition coefficient (Wildman–Crippen LogP) is 1.03. The maximum Gasteiger partial charge on any atom is 0.280 e. The zero-order valence-electron chi connectivity index (χ0n) is 14.1. The van der Waals surface area contributed by atoms with Crippen LogP contribution >= 0.6 is 0 Å². The Hall–Kier alpha value is -1.97. The molecule has 0 radical (unpaired) electrons. The third kappa shape index (κ3) is 2.90. The molecule has 9 heteroatoms. The molecule has 0 amide bonds. The van der Waals surface area contributed by atoms with Crippen LogP contribution in [0.2, 0.25) is 19.6 Å². The van der Waals surface area contributed by atoms with E-state index in [9.17, 15) is 9.90 Å². The Labute approximate surface area is 140 Å². The van der Waals surface area contributed by atoms with Crippen molar-refractivity contribution >= 4 is 25.4 Å². The average molecular weight is 349 g/mol. The van der Waals surface area contributed by atoms with Crippen molar-refractivity contribution in [1.29, 1.82) is 0 Å². The van der Waals surface area contributed by atoms with Gasteiger partial charge in [0.05, 0.1) is 25.1 Å². The van der Waals surface area contributed by atoms with Gasteiger partial charge in [0.1, 0.15) is 0 Å². The van der Waals surface area contributed by atoms with Crippen molar-refractivity contribution in [2.75, 3.05) is 12.3 Å². The quantitative estimate of drug-likeness (QED) is 0.560. The number of aliphatic hydroxyl groups is 1. The summed E-state index contributed by atoms with van der Waals surface area (Å²) in [5.74, 6) is -0.0926. The fourth-order valence-electron chi connectivity index (χ4n) is 3.30. The minimum atomic E-state index is -1.76. The third-order valence-electron chi connectivity index (χ3n) is 4.30. The first-order chi connectivity index (χ1) is 11.2. The second-order valence-electron chi connectivity index (χ2n) is 7.16. The van der Waals surface area contributed by atoms with Crippen molar-refractivity contribution in [3.05, 3.63) is 28.8 Å². The Kier molecular flexibility index (Phi) is 4.10. The van der Waals surface area contributed by atoms with E-state index in [1.807, 2.05) is 0 Å². The number of nitrogen functional groups attached to an aromatic ring is 1. The Balaban J connectivity index is 2.01. The highest BCUT2D eigenvalue weighted by atomic mass is 28.4. The van der Waals surface area contributed by atoms with Crippen molar-refractivity contribution in [1.82, 2.24) is 19.5 Å². The topological polar surface area (TPSA) is 119 Å². The van der Waals surface area contributed by atoms with E-state index in [1.165, 1.54) is 0 Å². The van der Waals surface area contributed by atoms with Gasteiger partial charge in [0.2, 0.25) is 5.95 Å². The number of fused-ring (bicyclic) bond motifs is 1. The van der Waals surface area contributed by atoms with E-state index >= 15 is 0 Å². The highest BCUT2D eigenvalue weighted by Crippen LogP contribution is 2.42. The molecule has 4 N–H and O–H groups in total. The predicted molar refractivity (Wildman–Crippen MR) is 94.1 cm³/mol. The molecule has 0 aromatic carbocycles. The van der Waals surface area contributed by atoms with E-state index in [1.54, 1.807) is 10.9 Å². The molecule has 3 unspecified atom stereocenters. The molecule has 130 valence electrons. The Morgan fingerprint density at radius 3 is 2.88 bits per heavy atom. The minimum absolute atomic E-state index is 0.0206. The van der Waals surface area contributed by atoms with E-state index in [0.29, 0.717) is 12.1 Å². The monoisotopic (exact) mass is 349 g/mol. The van der Waals surface area contributed by atoms with Gasteiger partial charge < -0.3 is 19.8 Å². The van der Waals surface area contributed by atoms with Gasteiger partial charge >= 0.3 is 0 Å². The lowest BCUT2D eigenvalue weighted by Gasteiger charge is -2.26. The zero-order valence-corrected chi connectivity index (χ0v) is 15.1. The van der Waals surface area contributed by atoms with Crippen LogP contribution in [-0.2, 0) is 4.43 Å². The molecule has 2 aromatic heterocycles. The van der Waals surface area contributed by atoms with Crippen LogP contribution in [0.15, 0.2) is 23.3 Å². The van der Waals surface area contributed by atoms with Crippen LogP contribution < -0.4 is 11.3 Å². The standard InChI is InChI=1S/C15H23N5O3Si/c1-8-9(6-21)11(23-24(2,3)4)5-10(8)20-7-17-12-13(20)18-15(16)19-14(12)22/h7,9-11,21H,1,5-6H2,2-4H3,(H3,16,18,19,22). The zero-order chi connectivity index (χ0) is 17.6.